The van der Waals surface area contributed by atoms with Crippen molar-refractivity contribution in [3.63, 3.8) is 0 Å². The molecule has 0 aliphatic carbocycles. The normalized spacial score (nSPS) is 11.8. The highest BCUT2D eigenvalue weighted by Gasteiger charge is 2.25. The van der Waals surface area contributed by atoms with Crippen LogP contribution in [0.4, 0.5) is 0 Å². The fourth-order valence-corrected chi connectivity index (χ4v) is 17.1. The van der Waals surface area contributed by atoms with Crippen molar-refractivity contribution in [3.05, 3.63) is 388 Å². The topological polar surface area (TPSA) is 71.3 Å². The van der Waals surface area contributed by atoms with Gasteiger partial charge in [-0.1, -0.05) is 279 Å². The summed E-state index contributed by atoms with van der Waals surface area (Å²) in [6.07, 6.45) is 0. The van der Waals surface area contributed by atoms with Crippen LogP contribution in [-0.2, 0) is 0 Å². The van der Waals surface area contributed by atoms with Crippen molar-refractivity contribution in [1.29, 1.82) is 0 Å². The zero-order valence-corrected chi connectivity index (χ0v) is 59.5. The van der Waals surface area contributed by atoms with Gasteiger partial charge < -0.3 is 18.3 Å². The number of benzene rings is 16. The average molecular weight is 1400 g/mol. The minimum Gasteiger partial charge on any atom is -0.309 e. The van der Waals surface area contributed by atoms with Gasteiger partial charge >= 0.3 is 0 Å². The van der Waals surface area contributed by atoms with Gasteiger partial charge in [0.25, 0.3) is 0 Å². The lowest BCUT2D eigenvalue weighted by molar-refractivity contribution is 1.07. The van der Waals surface area contributed by atoms with Crippen LogP contribution in [0.25, 0.3) is 211 Å². The highest BCUT2D eigenvalue weighted by molar-refractivity contribution is 6.28. The highest BCUT2D eigenvalue weighted by atomic mass is 15.0. The number of nitrogens with zero attached hydrogens (tertiary/aromatic N) is 8. The van der Waals surface area contributed by atoms with Crippen molar-refractivity contribution in [2.75, 3.05) is 0 Å². The second-order valence-electron chi connectivity index (χ2n) is 28.4. The van der Waals surface area contributed by atoms with Gasteiger partial charge in [0, 0.05) is 93.7 Å². The standard InChI is InChI=1S/C102H64N8/c1-5-22-65(23-6-1)67-44-51-79(52-45-67)109-90-37-18-15-33-82(90)84-58-60-93-96(98(84)109)86-34-16-19-38-91(86)108(93)78-55-48-73(49-56-78)102-105-100(71-27-9-3-10-28-71)104-101(106-102)72-42-40-68(41-43-72)74-50-57-83-85-59-61-94-97(99(85)110(95(83)64-74)76-30-11-4-12-31-76)87-35-17-20-39-92(87)107(94)77-53-46-70(47-54-77)88-62-75(66-24-7-2-8-25-66)63-89(103-88)81-36-21-29-69-26-13-14-32-80(69)81/h1-64H. The van der Waals surface area contributed by atoms with Crippen LogP contribution in [0.2, 0.25) is 0 Å². The molecule has 0 saturated heterocycles. The minimum atomic E-state index is 0.593. The average Bonchev–Trinajstić information content (AvgIpc) is 1.55. The zero-order valence-electron chi connectivity index (χ0n) is 59.5. The Hall–Kier alpha value is -14.9. The van der Waals surface area contributed by atoms with E-state index in [1.165, 1.54) is 76.0 Å². The van der Waals surface area contributed by atoms with Gasteiger partial charge in [-0.15, -0.1) is 0 Å². The Morgan fingerprint density at radius 2 is 0.527 bits per heavy atom. The molecule has 0 radical (unpaired) electrons. The summed E-state index contributed by atoms with van der Waals surface area (Å²) in [4.78, 5) is 21.1. The molecule has 16 aromatic carbocycles. The van der Waals surface area contributed by atoms with Gasteiger partial charge in [-0.05, 0) is 153 Å². The third-order valence-electron chi connectivity index (χ3n) is 22.2. The van der Waals surface area contributed by atoms with Crippen LogP contribution in [0.15, 0.2) is 388 Å². The molecule has 6 aromatic heterocycles. The third-order valence-corrected chi connectivity index (χ3v) is 22.2. The number of aromatic nitrogens is 8. The van der Waals surface area contributed by atoms with Gasteiger partial charge in [-0.3, -0.25) is 0 Å². The van der Waals surface area contributed by atoms with Gasteiger partial charge in [0.2, 0.25) is 0 Å². The Balaban J connectivity index is 0.618. The molecule has 0 amide bonds. The first-order valence-corrected chi connectivity index (χ1v) is 37.4. The number of para-hydroxylation sites is 4. The van der Waals surface area contributed by atoms with E-state index >= 15 is 0 Å². The van der Waals surface area contributed by atoms with Crippen LogP contribution in [0.5, 0.6) is 0 Å². The van der Waals surface area contributed by atoms with Crippen molar-refractivity contribution in [1.82, 2.24) is 38.2 Å². The second-order valence-corrected chi connectivity index (χ2v) is 28.4. The zero-order chi connectivity index (χ0) is 72.3. The second kappa shape index (κ2) is 25.4. The molecule has 0 fully saturated rings. The van der Waals surface area contributed by atoms with Crippen LogP contribution in [0.3, 0.4) is 0 Å². The Morgan fingerprint density at radius 3 is 1.10 bits per heavy atom. The van der Waals surface area contributed by atoms with Crippen molar-refractivity contribution in [3.8, 4) is 113 Å². The van der Waals surface area contributed by atoms with E-state index in [0.29, 0.717) is 17.5 Å². The smallest absolute Gasteiger partial charge is 0.164 e. The fourth-order valence-electron chi connectivity index (χ4n) is 17.1. The van der Waals surface area contributed by atoms with Gasteiger partial charge in [0.15, 0.2) is 17.5 Å². The van der Waals surface area contributed by atoms with E-state index < -0.39 is 0 Å². The van der Waals surface area contributed by atoms with Crippen molar-refractivity contribution < 1.29 is 0 Å². The minimum absolute atomic E-state index is 0.593. The molecule has 512 valence electrons. The quantitative estimate of drug-likeness (QED) is 0.122. The summed E-state index contributed by atoms with van der Waals surface area (Å²) in [5.74, 6) is 1.79. The molecule has 0 spiro atoms. The number of pyridine rings is 1. The number of rotatable bonds is 12. The molecule has 110 heavy (non-hydrogen) atoms. The lowest BCUT2D eigenvalue weighted by atomic mass is 9.97. The first-order chi connectivity index (χ1) is 54.5. The molecular weight excluding hydrogens is 1340 g/mol. The molecule has 0 N–H and O–H groups in total. The van der Waals surface area contributed by atoms with E-state index in [2.05, 4.69) is 388 Å². The molecule has 8 nitrogen and oxygen atoms in total. The van der Waals surface area contributed by atoms with E-state index in [1.54, 1.807) is 0 Å². The Kier molecular flexibility index (Phi) is 14.5. The first-order valence-electron chi connectivity index (χ1n) is 37.4. The largest absolute Gasteiger partial charge is 0.309 e. The van der Waals surface area contributed by atoms with Crippen molar-refractivity contribution in [2.45, 2.75) is 0 Å². The van der Waals surface area contributed by atoms with Crippen LogP contribution in [-0.4, -0.2) is 38.2 Å². The highest BCUT2D eigenvalue weighted by Crippen LogP contribution is 2.46. The van der Waals surface area contributed by atoms with Crippen LogP contribution < -0.4 is 0 Å². The third kappa shape index (κ3) is 10.2. The Bertz CT molecular complexity index is 7380. The molecule has 8 heteroatoms. The lowest BCUT2D eigenvalue weighted by Crippen LogP contribution is -2.00. The van der Waals surface area contributed by atoms with Gasteiger partial charge in [-0.25, -0.2) is 19.9 Å². The molecule has 0 bridgehead atoms. The lowest BCUT2D eigenvalue weighted by Gasteiger charge is -2.13. The van der Waals surface area contributed by atoms with Crippen LogP contribution in [0.1, 0.15) is 0 Å². The Labute approximate surface area is 633 Å². The van der Waals surface area contributed by atoms with Crippen molar-refractivity contribution >= 4 is 98.0 Å². The van der Waals surface area contributed by atoms with Gasteiger partial charge in [0.05, 0.1) is 55.5 Å². The maximum Gasteiger partial charge on any atom is 0.164 e. The summed E-state index contributed by atoms with van der Waals surface area (Å²) >= 11 is 0. The maximum atomic E-state index is 5.42. The number of hydrogen-bond acceptors (Lipinski definition) is 4. The van der Waals surface area contributed by atoms with Gasteiger partial charge in [-0.2, -0.15) is 0 Å². The SMILES string of the molecule is c1ccc(-c2ccc(-n3c4ccccc4c4ccc5c(c6ccccc6n5-c5ccc(-c6nc(-c7ccccc7)nc(-c7ccc(-c8ccc9c%10ccc%11c(c%12ccccc%12n%11-c%11ccc(-c%12cc(-c%13ccccc%13)cc(-c%13cccc%14ccccc%13%14)n%12)cc%11)c%10n(-c%10ccccc%10)c9c8)cc7)n6)cc5)c43)cc2)cc1. The van der Waals surface area contributed by atoms with E-state index in [4.69, 9.17) is 19.9 Å². The maximum absolute atomic E-state index is 5.42. The van der Waals surface area contributed by atoms with Crippen LogP contribution in [0, 0.1) is 0 Å². The molecule has 0 aliphatic heterocycles. The summed E-state index contributed by atoms with van der Waals surface area (Å²) in [6.45, 7) is 0. The van der Waals surface area contributed by atoms with E-state index in [1.807, 2.05) is 18.2 Å². The molecule has 22 rings (SSSR count). The monoisotopic (exact) mass is 1400 g/mol. The summed E-state index contributed by atoms with van der Waals surface area (Å²) in [5, 5.41) is 11.9. The molecule has 22 aromatic rings. The summed E-state index contributed by atoms with van der Waals surface area (Å²) < 4.78 is 9.75. The fraction of sp³-hybridized carbons (Fsp3) is 0. The molecule has 0 atom stereocenters. The predicted octanol–water partition coefficient (Wildman–Crippen LogP) is 26.1. The van der Waals surface area contributed by atoms with Gasteiger partial charge in [0.1, 0.15) is 0 Å². The predicted molar refractivity (Wildman–Crippen MR) is 456 cm³/mol. The van der Waals surface area contributed by atoms with E-state index in [0.717, 1.165) is 117 Å². The van der Waals surface area contributed by atoms with Crippen LogP contribution >= 0.6 is 0 Å². The molecule has 0 aliphatic rings. The van der Waals surface area contributed by atoms with E-state index in [-0.39, 0.29) is 0 Å². The summed E-state index contributed by atoms with van der Waals surface area (Å²) in [5.41, 5.74) is 27.0. The summed E-state index contributed by atoms with van der Waals surface area (Å²) in [7, 11) is 0. The number of hydrogen-bond donors (Lipinski definition) is 0. The van der Waals surface area contributed by atoms with Crippen molar-refractivity contribution in [2.24, 2.45) is 0 Å². The first kappa shape index (κ1) is 62.5. The Morgan fingerprint density at radius 1 is 0.173 bits per heavy atom. The molecular formula is C102H64N8. The molecule has 6 heterocycles. The number of fused-ring (bicyclic) bond motifs is 15. The summed E-state index contributed by atoms with van der Waals surface area (Å²) in [6, 6.07) is 140. The molecule has 0 unspecified atom stereocenters. The van der Waals surface area contributed by atoms with E-state index in [9.17, 15) is 0 Å². The molecule has 0 saturated carbocycles.